The van der Waals surface area contributed by atoms with Crippen LogP contribution in [0.3, 0.4) is 0 Å². The van der Waals surface area contributed by atoms with E-state index in [0.717, 1.165) is 11.1 Å². The fourth-order valence-corrected chi connectivity index (χ4v) is 2.56. The number of Topliss-reactive ketones (excluding diaryl/α,β-unsaturated/α-hetero) is 1. The molecule has 0 bridgehead atoms. The Balaban J connectivity index is 2.05. The standard InChI is InChI=1S/C20H21NO5/c1-12-4-6-16(14(10-12)20(24)25)21-19(23)9-7-17(22)15-11-13(2)5-8-18(15)26-3/h4-6,8,10-11H,7,9H2,1-3H3,(H,21,23)(H,24,25). The zero-order valence-corrected chi connectivity index (χ0v) is 15.0. The van der Waals surface area contributed by atoms with Crippen LogP contribution < -0.4 is 10.1 Å². The van der Waals surface area contributed by atoms with Gasteiger partial charge in [-0.25, -0.2) is 4.79 Å². The van der Waals surface area contributed by atoms with Crippen molar-refractivity contribution in [1.29, 1.82) is 0 Å². The van der Waals surface area contributed by atoms with Crippen LogP contribution in [0.4, 0.5) is 5.69 Å². The molecule has 1 amide bonds. The fourth-order valence-electron chi connectivity index (χ4n) is 2.56. The lowest BCUT2D eigenvalue weighted by Gasteiger charge is -2.10. The Bertz CT molecular complexity index is 857. The number of amides is 1. The number of carbonyl (C=O) groups is 3. The Kier molecular flexibility index (Phi) is 6.11. The van der Waals surface area contributed by atoms with Crippen molar-refractivity contribution < 1.29 is 24.2 Å². The predicted molar refractivity (Wildman–Crippen MR) is 98.1 cm³/mol. The first-order chi connectivity index (χ1) is 12.3. The van der Waals surface area contributed by atoms with E-state index in [1.807, 2.05) is 13.0 Å². The summed E-state index contributed by atoms with van der Waals surface area (Å²) in [7, 11) is 1.49. The molecule has 0 aliphatic rings. The summed E-state index contributed by atoms with van der Waals surface area (Å²) in [6.45, 7) is 3.64. The van der Waals surface area contributed by atoms with Crippen LogP contribution in [0.15, 0.2) is 36.4 Å². The molecule has 0 unspecified atom stereocenters. The molecule has 136 valence electrons. The molecule has 0 heterocycles. The third-order valence-electron chi connectivity index (χ3n) is 3.91. The maximum atomic E-state index is 12.4. The van der Waals surface area contributed by atoms with Crippen LogP contribution in [-0.4, -0.2) is 29.9 Å². The normalized spacial score (nSPS) is 10.3. The molecule has 2 aromatic rings. The van der Waals surface area contributed by atoms with Crippen LogP contribution in [0, 0.1) is 13.8 Å². The van der Waals surface area contributed by atoms with Gasteiger partial charge in [-0.05, 0) is 38.1 Å². The minimum Gasteiger partial charge on any atom is -0.496 e. The highest BCUT2D eigenvalue weighted by molar-refractivity contribution is 6.04. The SMILES string of the molecule is COc1ccc(C)cc1C(=O)CCC(=O)Nc1ccc(C)cc1C(=O)O. The Labute approximate surface area is 151 Å². The van der Waals surface area contributed by atoms with E-state index in [1.54, 1.807) is 31.2 Å². The van der Waals surface area contributed by atoms with Crippen LogP contribution in [0.5, 0.6) is 5.75 Å². The second-order valence-corrected chi connectivity index (χ2v) is 6.03. The number of ether oxygens (including phenoxy) is 1. The third kappa shape index (κ3) is 4.69. The molecule has 6 nitrogen and oxygen atoms in total. The third-order valence-corrected chi connectivity index (χ3v) is 3.91. The average molecular weight is 355 g/mol. The smallest absolute Gasteiger partial charge is 0.337 e. The number of aryl methyl sites for hydroxylation is 2. The van der Waals surface area contributed by atoms with Crippen molar-refractivity contribution >= 4 is 23.3 Å². The molecule has 0 fully saturated rings. The van der Waals surface area contributed by atoms with Crippen molar-refractivity contribution in [2.45, 2.75) is 26.7 Å². The highest BCUT2D eigenvalue weighted by Crippen LogP contribution is 2.22. The molecular weight excluding hydrogens is 334 g/mol. The molecule has 2 rings (SSSR count). The van der Waals surface area contributed by atoms with Crippen molar-refractivity contribution in [2.75, 3.05) is 12.4 Å². The van der Waals surface area contributed by atoms with Crippen LogP contribution in [0.1, 0.15) is 44.7 Å². The van der Waals surface area contributed by atoms with Crippen LogP contribution >= 0.6 is 0 Å². The maximum absolute atomic E-state index is 12.4. The quantitative estimate of drug-likeness (QED) is 0.740. The molecule has 26 heavy (non-hydrogen) atoms. The number of carbonyl (C=O) groups excluding carboxylic acids is 2. The van der Waals surface area contributed by atoms with Crippen molar-refractivity contribution in [1.82, 2.24) is 0 Å². The molecule has 0 saturated heterocycles. The lowest BCUT2D eigenvalue weighted by atomic mass is 10.0. The summed E-state index contributed by atoms with van der Waals surface area (Å²) in [5.74, 6) is -1.28. The Hall–Kier alpha value is -3.15. The molecule has 2 aromatic carbocycles. The molecule has 0 spiro atoms. The highest BCUT2D eigenvalue weighted by atomic mass is 16.5. The number of carboxylic acids is 1. The molecule has 0 aliphatic carbocycles. The number of ketones is 1. The summed E-state index contributed by atoms with van der Waals surface area (Å²) in [6, 6.07) is 10.0. The number of nitrogens with one attached hydrogen (secondary N) is 1. The number of anilines is 1. The van der Waals surface area contributed by atoms with Crippen LogP contribution in [-0.2, 0) is 4.79 Å². The number of methoxy groups -OCH3 is 1. The van der Waals surface area contributed by atoms with Crippen molar-refractivity contribution in [3.05, 3.63) is 58.7 Å². The van der Waals surface area contributed by atoms with E-state index in [-0.39, 0.29) is 29.9 Å². The Morgan fingerprint density at radius 1 is 0.962 bits per heavy atom. The van der Waals surface area contributed by atoms with E-state index in [2.05, 4.69) is 5.32 Å². The number of hydrogen-bond acceptors (Lipinski definition) is 4. The lowest BCUT2D eigenvalue weighted by Crippen LogP contribution is -2.16. The number of rotatable bonds is 7. The lowest BCUT2D eigenvalue weighted by molar-refractivity contribution is -0.116. The van der Waals surface area contributed by atoms with Crippen LogP contribution in [0.2, 0.25) is 0 Å². The second-order valence-electron chi connectivity index (χ2n) is 6.03. The topological polar surface area (TPSA) is 92.7 Å². The maximum Gasteiger partial charge on any atom is 0.337 e. The highest BCUT2D eigenvalue weighted by Gasteiger charge is 2.16. The van der Waals surface area contributed by atoms with E-state index in [9.17, 15) is 19.5 Å². The van der Waals surface area contributed by atoms with Gasteiger partial charge in [0.2, 0.25) is 5.91 Å². The molecule has 0 aliphatic heterocycles. The molecule has 2 N–H and O–H groups in total. The van der Waals surface area contributed by atoms with E-state index in [4.69, 9.17) is 4.74 Å². The van der Waals surface area contributed by atoms with Gasteiger partial charge in [0, 0.05) is 12.8 Å². The second kappa shape index (κ2) is 8.29. The molecule has 0 atom stereocenters. The van der Waals surface area contributed by atoms with E-state index >= 15 is 0 Å². The zero-order valence-electron chi connectivity index (χ0n) is 15.0. The van der Waals surface area contributed by atoms with E-state index in [0.29, 0.717) is 11.3 Å². The van der Waals surface area contributed by atoms with Gasteiger partial charge in [0.15, 0.2) is 5.78 Å². The van der Waals surface area contributed by atoms with Gasteiger partial charge in [-0.3, -0.25) is 9.59 Å². The molecular formula is C20H21NO5. The summed E-state index contributed by atoms with van der Waals surface area (Å²) in [5, 5.41) is 11.8. The van der Waals surface area contributed by atoms with Crippen LogP contribution in [0.25, 0.3) is 0 Å². The summed E-state index contributed by atoms with van der Waals surface area (Å²) < 4.78 is 5.19. The summed E-state index contributed by atoms with van der Waals surface area (Å²) in [6.07, 6.45) is -0.0528. The fraction of sp³-hybridized carbons (Fsp3) is 0.250. The number of carboxylic acid groups (broad SMARTS) is 1. The summed E-state index contributed by atoms with van der Waals surface area (Å²) in [4.78, 5) is 35.8. The van der Waals surface area contributed by atoms with Gasteiger partial charge in [-0.15, -0.1) is 0 Å². The minimum absolute atomic E-state index is 0.0000865. The molecule has 6 heteroatoms. The van der Waals surface area contributed by atoms with Crippen molar-refractivity contribution in [3.8, 4) is 5.75 Å². The van der Waals surface area contributed by atoms with Gasteiger partial charge in [-0.2, -0.15) is 0 Å². The van der Waals surface area contributed by atoms with Gasteiger partial charge < -0.3 is 15.2 Å². The Morgan fingerprint density at radius 3 is 2.19 bits per heavy atom. The van der Waals surface area contributed by atoms with E-state index < -0.39 is 11.9 Å². The van der Waals surface area contributed by atoms with Gasteiger partial charge >= 0.3 is 5.97 Å². The minimum atomic E-state index is -1.12. The van der Waals surface area contributed by atoms with Gasteiger partial charge in [-0.1, -0.05) is 23.3 Å². The van der Waals surface area contributed by atoms with Crippen molar-refractivity contribution in [3.63, 3.8) is 0 Å². The Morgan fingerprint density at radius 2 is 1.58 bits per heavy atom. The number of benzene rings is 2. The van der Waals surface area contributed by atoms with Crippen molar-refractivity contribution in [2.24, 2.45) is 0 Å². The van der Waals surface area contributed by atoms with Gasteiger partial charge in [0.25, 0.3) is 0 Å². The summed E-state index contributed by atoms with van der Waals surface area (Å²) in [5.41, 5.74) is 2.37. The summed E-state index contributed by atoms with van der Waals surface area (Å²) >= 11 is 0. The monoisotopic (exact) mass is 355 g/mol. The molecule has 0 saturated carbocycles. The van der Waals surface area contributed by atoms with Gasteiger partial charge in [0.1, 0.15) is 5.75 Å². The predicted octanol–water partition coefficient (Wildman–Crippen LogP) is 3.61. The van der Waals surface area contributed by atoms with E-state index in [1.165, 1.54) is 13.2 Å². The molecule has 0 aromatic heterocycles. The first kappa shape index (κ1) is 19.2. The number of hydrogen-bond donors (Lipinski definition) is 2. The van der Waals surface area contributed by atoms with Gasteiger partial charge in [0.05, 0.1) is 23.9 Å². The first-order valence-corrected chi connectivity index (χ1v) is 8.13. The average Bonchev–Trinajstić information content (AvgIpc) is 2.61. The zero-order chi connectivity index (χ0) is 19.3. The number of aromatic carboxylic acids is 1. The molecule has 0 radical (unpaired) electrons. The first-order valence-electron chi connectivity index (χ1n) is 8.13. The largest absolute Gasteiger partial charge is 0.496 e.